The van der Waals surface area contributed by atoms with E-state index in [0.29, 0.717) is 5.92 Å². The second-order valence-corrected chi connectivity index (χ2v) is 7.08. The first-order valence-corrected chi connectivity index (χ1v) is 7.31. The molecule has 1 unspecified atom stereocenters. The summed E-state index contributed by atoms with van der Waals surface area (Å²) in [6, 6.07) is 1.98. The van der Waals surface area contributed by atoms with Crippen molar-refractivity contribution in [1.82, 2.24) is 15.1 Å². The van der Waals surface area contributed by atoms with Crippen molar-refractivity contribution in [3.8, 4) is 0 Å². The van der Waals surface area contributed by atoms with Gasteiger partial charge in [0.1, 0.15) is 5.82 Å². The van der Waals surface area contributed by atoms with Crippen LogP contribution in [0, 0.1) is 17.3 Å². The Kier molecular flexibility index (Phi) is 4.18. The van der Waals surface area contributed by atoms with Gasteiger partial charge in [0.15, 0.2) is 0 Å². The van der Waals surface area contributed by atoms with Crippen molar-refractivity contribution >= 4 is 11.7 Å². The van der Waals surface area contributed by atoms with Crippen LogP contribution in [0.25, 0.3) is 0 Å². The van der Waals surface area contributed by atoms with E-state index in [0.717, 1.165) is 31.0 Å². The van der Waals surface area contributed by atoms with Crippen molar-refractivity contribution in [2.45, 2.75) is 34.1 Å². The van der Waals surface area contributed by atoms with Gasteiger partial charge in [-0.3, -0.25) is 9.48 Å². The van der Waals surface area contributed by atoms with Gasteiger partial charge in [-0.25, -0.2) is 0 Å². The Hall–Kier alpha value is -1.36. The summed E-state index contributed by atoms with van der Waals surface area (Å²) in [6.07, 6.45) is 0.902. The number of hydrogen-bond acceptors (Lipinski definition) is 3. The van der Waals surface area contributed by atoms with Crippen molar-refractivity contribution in [2.75, 3.05) is 18.4 Å². The maximum absolute atomic E-state index is 12.2. The summed E-state index contributed by atoms with van der Waals surface area (Å²) in [6.45, 7) is 10.4. The minimum atomic E-state index is 0.0391. The van der Waals surface area contributed by atoms with Crippen molar-refractivity contribution in [3.63, 3.8) is 0 Å². The Morgan fingerprint density at radius 1 is 1.55 bits per heavy atom. The highest BCUT2D eigenvalue weighted by atomic mass is 16.2. The summed E-state index contributed by atoms with van der Waals surface area (Å²) in [4.78, 5) is 12.2. The zero-order valence-corrected chi connectivity index (χ0v) is 13.2. The summed E-state index contributed by atoms with van der Waals surface area (Å²) in [5.74, 6) is 1.37. The number of anilines is 1. The number of aryl methyl sites for hydroxylation is 1. The molecule has 0 bridgehead atoms. The Balaban J connectivity index is 2.00. The van der Waals surface area contributed by atoms with Gasteiger partial charge in [0.05, 0.1) is 5.69 Å². The number of carbonyl (C=O) groups excluding carboxylic acids is 1. The third-order valence-corrected chi connectivity index (χ3v) is 3.83. The lowest BCUT2D eigenvalue weighted by Crippen LogP contribution is -2.48. The summed E-state index contributed by atoms with van der Waals surface area (Å²) in [7, 11) is 1.87. The van der Waals surface area contributed by atoms with E-state index in [1.54, 1.807) is 4.68 Å². The first-order chi connectivity index (χ1) is 9.26. The van der Waals surface area contributed by atoms with Crippen LogP contribution in [0.4, 0.5) is 5.82 Å². The van der Waals surface area contributed by atoms with Gasteiger partial charge in [-0.15, -0.1) is 0 Å². The molecule has 2 heterocycles. The van der Waals surface area contributed by atoms with Gasteiger partial charge >= 0.3 is 0 Å². The molecule has 1 fully saturated rings. The molecule has 1 amide bonds. The number of amides is 1. The molecule has 5 nitrogen and oxygen atoms in total. The molecule has 2 N–H and O–H groups in total. The molecular weight excluding hydrogens is 252 g/mol. The zero-order valence-electron chi connectivity index (χ0n) is 13.2. The van der Waals surface area contributed by atoms with Crippen LogP contribution < -0.4 is 10.6 Å². The smallest absolute Gasteiger partial charge is 0.228 e. The highest BCUT2D eigenvalue weighted by molar-refractivity contribution is 5.91. The number of rotatable bonds is 4. The first-order valence-electron chi connectivity index (χ1n) is 7.31. The standard InChI is InChI=1S/C15H26N4O/c1-10(11-8-16-9-11)14(20)17-13-6-12(18-19(13)5)7-15(2,3)4/h6,10-11,16H,7-9H2,1-5H3,(H,17,20). The predicted octanol–water partition coefficient (Wildman–Crippen LogP) is 1.80. The van der Waals surface area contributed by atoms with Crippen LogP contribution in [0.1, 0.15) is 33.4 Å². The summed E-state index contributed by atoms with van der Waals surface area (Å²) < 4.78 is 1.75. The Bertz CT molecular complexity index is 483. The van der Waals surface area contributed by atoms with Crippen molar-refractivity contribution in [2.24, 2.45) is 24.3 Å². The fraction of sp³-hybridized carbons (Fsp3) is 0.733. The molecule has 0 aliphatic carbocycles. The van der Waals surface area contributed by atoms with Gasteiger partial charge in [0.2, 0.25) is 5.91 Å². The molecule has 0 saturated carbocycles. The van der Waals surface area contributed by atoms with E-state index in [1.807, 2.05) is 20.0 Å². The lowest BCUT2D eigenvalue weighted by atomic mass is 9.88. The van der Waals surface area contributed by atoms with Gasteiger partial charge in [-0.1, -0.05) is 27.7 Å². The van der Waals surface area contributed by atoms with Crippen LogP contribution >= 0.6 is 0 Å². The maximum atomic E-state index is 12.2. The third-order valence-electron chi connectivity index (χ3n) is 3.83. The SMILES string of the molecule is CC(C(=O)Nc1cc(CC(C)(C)C)nn1C)C1CNC1. The minimum absolute atomic E-state index is 0.0391. The second kappa shape index (κ2) is 5.56. The Morgan fingerprint density at radius 3 is 2.70 bits per heavy atom. The minimum Gasteiger partial charge on any atom is -0.316 e. The summed E-state index contributed by atoms with van der Waals surface area (Å²) >= 11 is 0. The Labute approximate surface area is 121 Å². The van der Waals surface area contributed by atoms with E-state index >= 15 is 0 Å². The third kappa shape index (κ3) is 3.60. The molecule has 0 aromatic carbocycles. The second-order valence-electron chi connectivity index (χ2n) is 7.08. The average molecular weight is 278 g/mol. The molecule has 112 valence electrons. The van der Waals surface area contributed by atoms with E-state index in [-0.39, 0.29) is 17.2 Å². The monoisotopic (exact) mass is 278 g/mol. The van der Waals surface area contributed by atoms with Crippen molar-refractivity contribution in [1.29, 1.82) is 0 Å². The van der Waals surface area contributed by atoms with E-state index in [1.165, 1.54) is 0 Å². The quantitative estimate of drug-likeness (QED) is 0.883. The van der Waals surface area contributed by atoms with Crippen LogP contribution in [0.5, 0.6) is 0 Å². The average Bonchev–Trinajstić information content (AvgIpc) is 2.53. The lowest BCUT2D eigenvalue weighted by Gasteiger charge is -2.31. The number of nitrogens with one attached hydrogen (secondary N) is 2. The van der Waals surface area contributed by atoms with Gasteiger partial charge in [-0.2, -0.15) is 5.10 Å². The molecule has 1 aromatic heterocycles. The number of nitrogens with zero attached hydrogens (tertiary/aromatic N) is 2. The van der Waals surface area contributed by atoms with Gasteiger partial charge in [0.25, 0.3) is 0 Å². The molecule has 1 aromatic rings. The number of carbonyl (C=O) groups is 1. The van der Waals surface area contributed by atoms with Crippen molar-refractivity contribution in [3.05, 3.63) is 11.8 Å². The molecule has 0 radical (unpaired) electrons. The summed E-state index contributed by atoms with van der Waals surface area (Å²) in [5.41, 5.74) is 1.22. The molecule has 1 atom stereocenters. The number of aromatic nitrogens is 2. The van der Waals surface area contributed by atoms with Crippen LogP contribution in [-0.4, -0.2) is 28.8 Å². The predicted molar refractivity (Wildman–Crippen MR) is 80.5 cm³/mol. The van der Waals surface area contributed by atoms with E-state index in [2.05, 4.69) is 36.5 Å². The summed E-state index contributed by atoms with van der Waals surface area (Å²) in [5, 5.41) is 10.7. The Morgan fingerprint density at radius 2 is 2.20 bits per heavy atom. The van der Waals surface area contributed by atoms with Gasteiger partial charge in [0, 0.05) is 19.0 Å². The molecule has 20 heavy (non-hydrogen) atoms. The first kappa shape index (κ1) is 15.0. The lowest BCUT2D eigenvalue weighted by molar-refractivity contribution is -0.121. The van der Waals surface area contributed by atoms with Crippen molar-refractivity contribution < 1.29 is 4.79 Å². The molecule has 1 saturated heterocycles. The molecular formula is C15H26N4O. The fourth-order valence-electron chi connectivity index (χ4n) is 2.39. The molecule has 1 aliphatic heterocycles. The maximum Gasteiger partial charge on any atom is 0.228 e. The van der Waals surface area contributed by atoms with E-state index in [4.69, 9.17) is 0 Å². The molecule has 5 heteroatoms. The van der Waals surface area contributed by atoms with Crippen LogP contribution in [0.3, 0.4) is 0 Å². The van der Waals surface area contributed by atoms with E-state index < -0.39 is 0 Å². The molecule has 2 rings (SSSR count). The van der Waals surface area contributed by atoms with E-state index in [9.17, 15) is 4.79 Å². The molecule has 0 spiro atoms. The fourth-order valence-corrected chi connectivity index (χ4v) is 2.39. The largest absolute Gasteiger partial charge is 0.316 e. The molecule has 1 aliphatic rings. The normalized spacial score (nSPS) is 17.6. The van der Waals surface area contributed by atoms with Crippen LogP contribution in [0.2, 0.25) is 0 Å². The zero-order chi connectivity index (χ0) is 14.9. The topological polar surface area (TPSA) is 59.0 Å². The van der Waals surface area contributed by atoms with Gasteiger partial charge < -0.3 is 10.6 Å². The van der Waals surface area contributed by atoms with Crippen LogP contribution in [0.15, 0.2) is 6.07 Å². The highest BCUT2D eigenvalue weighted by Crippen LogP contribution is 2.23. The number of hydrogen-bond donors (Lipinski definition) is 2. The van der Waals surface area contributed by atoms with Gasteiger partial charge in [-0.05, 0) is 30.8 Å². The highest BCUT2D eigenvalue weighted by Gasteiger charge is 2.29. The van der Waals surface area contributed by atoms with Crippen LogP contribution in [-0.2, 0) is 18.3 Å².